The van der Waals surface area contributed by atoms with Crippen molar-refractivity contribution in [1.82, 2.24) is 0 Å². The van der Waals surface area contributed by atoms with Crippen LogP contribution in [0.2, 0.25) is 13.1 Å². The van der Waals surface area contributed by atoms with Gasteiger partial charge >= 0.3 is 347 Å². The first-order valence-electron chi connectivity index (χ1n) is 20.4. The van der Waals surface area contributed by atoms with E-state index in [1.165, 1.54) is 100 Å². The standard InChI is InChI=1S/2C25H23.C2H7Si.2ClH.Zr/c2*1-4-19-15-21-10-11-23(20-8-6-5-7-9-20)25(24(21)16-19)22-13-17(2)12-18(3)14-22;1-3-2;;;/h2*5-16H,4H2,1-3H3;3H,1-2H3;2*1H;/q;;;;;+2/p-2. The average molecular weight is 868 g/mol. The van der Waals surface area contributed by atoms with Crippen LogP contribution in [0.4, 0.5) is 0 Å². The Morgan fingerprint density at radius 3 is 1.16 bits per heavy atom. The van der Waals surface area contributed by atoms with Crippen molar-refractivity contribution in [3.8, 4) is 44.5 Å². The Balaban J connectivity index is 1.40. The molecule has 283 valence electrons. The number of hydrogen-bond donors (Lipinski definition) is 0. The minimum absolute atomic E-state index is 0.0327. The van der Waals surface area contributed by atoms with Crippen LogP contribution in [0, 0.1) is 27.7 Å². The molecule has 0 saturated heterocycles. The zero-order chi connectivity index (χ0) is 39.5. The Hall–Kier alpha value is -3.52. The topological polar surface area (TPSA) is 0 Å². The van der Waals surface area contributed by atoms with Gasteiger partial charge in [-0.05, 0) is 0 Å². The first-order valence-corrected chi connectivity index (χ1v) is 36.7. The molecule has 2 aliphatic rings. The van der Waals surface area contributed by atoms with E-state index in [2.05, 4.69) is 188 Å². The Morgan fingerprint density at radius 2 is 0.839 bits per heavy atom. The van der Waals surface area contributed by atoms with Crippen LogP contribution in [0.5, 0.6) is 0 Å². The van der Waals surface area contributed by atoms with Crippen molar-refractivity contribution in [2.24, 2.45) is 0 Å². The predicted octanol–water partition coefficient (Wildman–Crippen LogP) is 16.0. The second-order valence-corrected chi connectivity index (χ2v) is 59.4. The first-order chi connectivity index (χ1) is 26.8. The fourth-order valence-electron chi connectivity index (χ4n) is 10.3. The maximum absolute atomic E-state index is 8.91. The van der Waals surface area contributed by atoms with Gasteiger partial charge in [-0.3, -0.25) is 0 Å². The average Bonchev–Trinajstić information content (AvgIpc) is 3.77. The monoisotopic (exact) mass is 865 g/mol. The molecule has 6 aromatic carbocycles. The van der Waals surface area contributed by atoms with E-state index < -0.39 is 21.5 Å². The maximum atomic E-state index is 8.91. The predicted molar refractivity (Wildman–Crippen MR) is 246 cm³/mol. The third kappa shape index (κ3) is 6.44. The number of rotatable bonds is 9. The molecule has 2 atom stereocenters. The Bertz CT molecular complexity index is 2350. The van der Waals surface area contributed by atoms with Crippen LogP contribution in [0.15, 0.2) is 132 Å². The van der Waals surface area contributed by atoms with E-state index >= 15 is 0 Å². The summed E-state index contributed by atoms with van der Waals surface area (Å²) in [7, 11) is 17.8. The normalized spacial score (nSPS) is 16.9. The van der Waals surface area contributed by atoms with Crippen LogP contribution >= 0.6 is 17.0 Å². The third-order valence-corrected chi connectivity index (χ3v) is 64.6. The SMILES string of the molecule is CCC1=Cc2c(ccc(-c3ccccc3)c2-c2cc(C)cc(C)c2)[CH]1[Zr]([Cl])([Cl])([CH]1C(CC)=Cc2c1ccc(-c1ccccc1)c2-c1cc(C)cc(C)c1)[SiH](C)C. The number of aryl methyl sites for hydroxylation is 4. The molecule has 0 radical (unpaired) electrons. The molecule has 0 aromatic heterocycles. The molecule has 0 spiro atoms. The molecule has 2 aliphatic carbocycles. The molecular formula is C52H53Cl2SiZr. The van der Waals surface area contributed by atoms with Gasteiger partial charge < -0.3 is 0 Å². The molecular weight excluding hydrogens is 815 g/mol. The molecule has 0 fully saturated rings. The van der Waals surface area contributed by atoms with Gasteiger partial charge in [-0.25, -0.2) is 0 Å². The third-order valence-electron chi connectivity index (χ3n) is 12.8. The first kappa shape index (κ1) is 39.3. The summed E-state index contributed by atoms with van der Waals surface area (Å²) in [6.45, 7) is 18.4. The summed E-state index contributed by atoms with van der Waals surface area (Å²) in [5.74, 6) is -1.74. The van der Waals surface area contributed by atoms with Gasteiger partial charge in [0.2, 0.25) is 0 Å². The molecule has 6 aromatic rings. The van der Waals surface area contributed by atoms with Crippen LogP contribution in [-0.4, -0.2) is 5.92 Å². The minimum atomic E-state index is -5.02. The molecule has 0 amide bonds. The summed E-state index contributed by atoms with van der Waals surface area (Å²) in [6.07, 6.45) is 6.86. The van der Waals surface area contributed by atoms with Crippen LogP contribution in [0.1, 0.15) is 78.4 Å². The van der Waals surface area contributed by atoms with E-state index in [4.69, 9.17) is 17.0 Å². The summed E-state index contributed by atoms with van der Waals surface area (Å²) in [5.41, 5.74) is 23.3. The van der Waals surface area contributed by atoms with Gasteiger partial charge in [0.05, 0.1) is 0 Å². The van der Waals surface area contributed by atoms with Gasteiger partial charge in [0.15, 0.2) is 0 Å². The van der Waals surface area contributed by atoms with E-state index in [0.717, 1.165) is 12.8 Å². The van der Waals surface area contributed by atoms with Crippen molar-refractivity contribution in [2.45, 2.75) is 74.7 Å². The van der Waals surface area contributed by atoms with Gasteiger partial charge in [0.25, 0.3) is 0 Å². The molecule has 8 rings (SSSR count). The number of allylic oxidation sites excluding steroid dienone is 2. The molecule has 2 unspecified atom stereocenters. The summed E-state index contributed by atoms with van der Waals surface area (Å²) in [4.78, 5) is 0. The van der Waals surface area contributed by atoms with Gasteiger partial charge in [0, 0.05) is 0 Å². The van der Waals surface area contributed by atoms with E-state index in [-0.39, 0.29) is 7.25 Å². The summed E-state index contributed by atoms with van der Waals surface area (Å²) < 4.78 is 0.0653. The fourth-order valence-corrected chi connectivity index (χ4v) is 42.1. The molecule has 0 aliphatic heterocycles. The second kappa shape index (κ2) is 15.0. The number of benzene rings is 6. The van der Waals surface area contributed by atoms with Crippen molar-refractivity contribution in [2.75, 3.05) is 0 Å². The van der Waals surface area contributed by atoms with Gasteiger partial charge in [-0.15, -0.1) is 0 Å². The molecule has 56 heavy (non-hydrogen) atoms. The van der Waals surface area contributed by atoms with Gasteiger partial charge in [0.1, 0.15) is 0 Å². The van der Waals surface area contributed by atoms with E-state index in [1.54, 1.807) is 0 Å². The van der Waals surface area contributed by atoms with Crippen LogP contribution < -0.4 is 0 Å². The molecule has 0 saturated carbocycles. The number of fused-ring (bicyclic) bond motifs is 2. The summed E-state index contributed by atoms with van der Waals surface area (Å²) in [5, 5.41) is 0. The van der Waals surface area contributed by atoms with E-state index in [9.17, 15) is 0 Å². The molecule has 0 nitrogen and oxygen atoms in total. The molecule has 0 heterocycles. The summed E-state index contributed by atoms with van der Waals surface area (Å²) >= 11 is -5.02. The van der Waals surface area contributed by atoms with Crippen LogP contribution in [-0.2, 0) is 15.6 Å². The van der Waals surface area contributed by atoms with E-state index in [0.29, 0.717) is 0 Å². The zero-order valence-electron chi connectivity index (χ0n) is 34.1. The number of hydrogen-bond acceptors (Lipinski definition) is 0. The summed E-state index contributed by atoms with van der Waals surface area (Å²) in [6, 6.07) is 45.3. The van der Waals surface area contributed by atoms with Crippen molar-refractivity contribution in [3.05, 3.63) is 177 Å². The zero-order valence-corrected chi connectivity index (χ0v) is 39.2. The number of halogens is 2. The Kier molecular flexibility index (Phi) is 10.5. The molecule has 4 heteroatoms. The van der Waals surface area contributed by atoms with Crippen molar-refractivity contribution < 1.29 is 15.6 Å². The van der Waals surface area contributed by atoms with Crippen LogP contribution in [0.3, 0.4) is 0 Å². The van der Waals surface area contributed by atoms with E-state index in [1.807, 2.05) is 0 Å². The molecule has 0 bridgehead atoms. The quantitative estimate of drug-likeness (QED) is 0.127. The second-order valence-electron chi connectivity index (χ2n) is 16.9. The van der Waals surface area contributed by atoms with Crippen molar-refractivity contribution in [1.29, 1.82) is 0 Å². The Labute approximate surface area is 344 Å². The Morgan fingerprint density at radius 1 is 0.482 bits per heavy atom. The van der Waals surface area contributed by atoms with Gasteiger partial charge in [-0.1, -0.05) is 0 Å². The fraction of sp³-hybridized carbons (Fsp3) is 0.231. The van der Waals surface area contributed by atoms with Crippen molar-refractivity contribution >= 4 is 35.1 Å². The molecule has 0 N–H and O–H groups in total. The van der Waals surface area contributed by atoms with Crippen molar-refractivity contribution in [3.63, 3.8) is 0 Å². The van der Waals surface area contributed by atoms with Crippen LogP contribution in [0.25, 0.3) is 56.7 Å². The van der Waals surface area contributed by atoms with Gasteiger partial charge in [-0.2, -0.15) is 0 Å².